The van der Waals surface area contributed by atoms with E-state index < -0.39 is 86.8 Å². The first-order valence-electron chi connectivity index (χ1n) is 26.8. The third kappa shape index (κ3) is 28.7. The lowest BCUT2D eigenvalue weighted by atomic mass is 9.97. The number of carbonyl (C=O) groups excluding carboxylic acids is 1. The number of hydrogen-bond donors (Lipinski definition) is 9. The van der Waals surface area contributed by atoms with Crippen LogP contribution in [0.4, 0.5) is 0 Å². The van der Waals surface area contributed by atoms with Crippen molar-refractivity contribution < 1.29 is 64.6 Å². The molecule has 72 heavy (non-hydrogen) atoms. The summed E-state index contributed by atoms with van der Waals surface area (Å²) in [5.41, 5.74) is 0. The first-order valence-corrected chi connectivity index (χ1v) is 26.8. The predicted octanol–water partition coefficient (Wildman–Crippen LogP) is 7.88. The van der Waals surface area contributed by atoms with Gasteiger partial charge in [0.15, 0.2) is 12.6 Å². The van der Waals surface area contributed by atoms with Gasteiger partial charge in [0.25, 0.3) is 0 Å². The van der Waals surface area contributed by atoms with Gasteiger partial charge in [0.2, 0.25) is 5.91 Å². The molecule has 0 saturated carbocycles. The molecule has 408 valence electrons. The molecule has 12 unspecified atom stereocenters. The van der Waals surface area contributed by atoms with Crippen molar-refractivity contribution in [1.29, 1.82) is 0 Å². The monoisotopic (exact) mass is 1010 g/mol. The molecule has 0 aliphatic carbocycles. The fourth-order valence-electron chi connectivity index (χ4n) is 7.78. The summed E-state index contributed by atoms with van der Waals surface area (Å²) in [4.78, 5) is 13.2. The number of aliphatic hydroxyl groups is 8. The average molecular weight is 1010 g/mol. The number of rotatable bonds is 39. The molecule has 2 rings (SSSR count). The Hall–Kier alpha value is -3.61. The molecule has 0 aromatic heterocycles. The maximum atomic E-state index is 13.2. The summed E-state index contributed by atoms with van der Waals surface area (Å²) in [6.07, 6.45) is 43.9. The van der Waals surface area contributed by atoms with Crippen molar-refractivity contribution in [2.24, 2.45) is 0 Å². The Bertz CT molecular complexity index is 1670. The van der Waals surface area contributed by atoms with Crippen LogP contribution in [0.25, 0.3) is 0 Å². The molecule has 0 spiro atoms. The van der Waals surface area contributed by atoms with Crippen LogP contribution >= 0.6 is 0 Å². The molecule has 1 amide bonds. The summed E-state index contributed by atoms with van der Waals surface area (Å²) in [7, 11) is 0. The minimum absolute atomic E-state index is 0.238. The summed E-state index contributed by atoms with van der Waals surface area (Å²) < 4.78 is 22.6. The fourth-order valence-corrected chi connectivity index (χ4v) is 7.78. The zero-order chi connectivity index (χ0) is 52.4. The van der Waals surface area contributed by atoms with Gasteiger partial charge in [0.1, 0.15) is 48.8 Å². The Morgan fingerprint density at radius 3 is 1.51 bits per heavy atom. The number of hydrogen-bond acceptors (Lipinski definition) is 13. The van der Waals surface area contributed by atoms with Crippen LogP contribution in [-0.4, -0.2) is 140 Å². The molecule has 0 bridgehead atoms. The predicted molar refractivity (Wildman–Crippen MR) is 285 cm³/mol. The quantitative estimate of drug-likeness (QED) is 0.0211. The minimum atomic E-state index is -1.80. The molecule has 2 aliphatic rings. The maximum absolute atomic E-state index is 13.2. The van der Waals surface area contributed by atoms with Gasteiger partial charge < -0.3 is 65.1 Å². The van der Waals surface area contributed by atoms with Gasteiger partial charge in [0.05, 0.1) is 32.0 Å². The van der Waals surface area contributed by atoms with Crippen LogP contribution in [0, 0.1) is 0 Å². The van der Waals surface area contributed by atoms with Gasteiger partial charge in [-0.05, 0) is 96.3 Å². The van der Waals surface area contributed by atoms with E-state index in [0.29, 0.717) is 12.8 Å². The Balaban J connectivity index is 1.78. The molecular weight excluding hydrogens is 919 g/mol. The Morgan fingerprint density at radius 1 is 0.514 bits per heavy atom. The van der Waals surface area contributed by atoms with Gasteiger partial charge in [-0.1, -0.05) is 161 Å². The number of ether oxygens (including phenoxy) is 4. The van der Waals surface area contributed by atoms with E-state index in [2.05, 4.69) is 129 Å². The van der Waals surface area contributed by atoms with Crippen molar-refractivity contribution in [3.63, 3.8) is 0 Å². The molecular formula is C58H93NO13. The largest absolute Gasteiger partial charge is 0.394 e. The van der Waals surface area contributed by atoms with Crippen molar-refractivity contribution in [2.75, 3.05) is 19.8 Å². The molecule has 14 heteroatoms. The summed E-state index contributed by atoms with van der Waals surface area (Å²) in [6, 6.07) is -0.956. The van der Waals surface area contributed by atoms with Gasteiger partial charge >= 0.3 is 0 Å². The lowest BCUT2D eigenvalue weighted by molar-refractivity contribution is -0.359. The molecule has 0 radical (unpaired) electrons. The highest BCUT2D eigenvalue weighted by Gasteiger charge is 2.51. The van der Waals surface area contributed by atoms with Crippen molar-refractivity contribution in [3.05, 3.63) is 122 Å². The summed E-state index contributed by atoms with van der Waals surface area (Å²) in [5.74, 6) is -0.282. The van der Waals surface area contributed by atoms with Crippen LogP contribution in [-0.2, 0) is 23.7 Å². The van der Waals surface area contributed by atoms with E-state index in [-0.39, 0.29) is 18.9 Å². The van der Waals surface area contributed by atoms with Gasteiger partial charge in [-0.25, -0.2) is 0 Å². The van der Waals surface area contributed by atoms with E-state index in [0.717, 1.165) is 109 Å². The number of unbranched alkanes of at least 4 members (excludes halogenated alkanes) is 8. The fraction of sp³-hybridized carbons (Fsp3) is 0.638. The second-order valence-corrected chi connectivity index (χ2v) is 18.2. The SMILES string of the molecule is CC/C=C\C/C=C\C/C=C\C/C=C\C/C=C\C/C=C\C/C=C\CCCCCCCC(=O)NC(COC1OC(CO)C(OC2OC(CO)C(O)C(O)C2O)C(O)C1O)C(O)/C=C/CC/C=C/CC/C=C/CCC. The number of aliphatic hydroxyl groups excluding tert-OH is 8. The van der Waals surface area contributed by atoms with E-state index in [1.807, 2.05) is 6.08 Å². The van der Waals surface area contributed by atoms with Crippen LogP contribution in [0.5, 0.6) is 0 Å². The van der Waals surface area contributed by atoms with Crippen molar-refractivity contribution in [3.8, 4) is 0 Å². The second-order valence-electron chi connectivity index (χ2n) is 18.2. The molecule has 2 heterocycles. The van der Waals surface area contributed by atoms with Crippen molar-refractivity contribution in [2.45, 2.75) is 216 Å². The smallest absolute Gasteiger partial charge is 0.220 e. The Morgan fingerprint density at radius 2 is 0.972 bits per heavy atom. The lowest BCUT2D eigenvalue weighted by Crippen LogP contribution is -2.65. The van der Waals surface area contributed by atoms with E-state index in [9.17, 15) is 45.6 Å². The van der Waals surface area contributed by atoms with Gasteiger partial charge in [-0.3, -0.25) is 4.79 Å². The van der Waals surface area contributed by atoms with Crippen LogP contribution in [0.15, 0.2) is 122 Å². The number of carbonyl (C=O) groups is 1. The lowest BCUT2D eigenvalue weighted by Gasteiger charge is -2.46. The van der Waals surface area contributed by atoms with Crippen molar-refractivity contribution >= 4 is 5.91 Å². The average Bonchev–Trinajstić information content (AvgIpc) is 3.38. The standard InChI is InChI=1S/C58H93NO13/c1-3-5-7-9-11-13-15-16-17-18-19-20-21-22-23-24-25-26-27-28-29-30-32-34-36-38-40-42-50(63)59-46(47(62)41-39-37-35-33-31-14-12-10-8-6-4-2)45-69-57-55(68)53(66)56(49(44-61)71-57)72-58-54(67)52(65)51(64)48(43-60)70-58/h5,7-8,10-11,13,16-17,19-20,22-23,25-26,28-29,31,33,39,41,46-49,51-58,60-62,64-68H,3-4,6,9,12,14-15,18,21,24,27,30,32,34-38,40,42-45H2,1-2H3,(H,59,63)/b7-5-,10-8+,13-11-,17-16-,20-19-,23-22-,26-25-,29-28-,33-31+,41-39+. The maximum Gasteiger partial charge on any atom is 0.220 e. The van der Waals surface area contributed by atoms with E-state index in [4.69, 9.17) is 18.9 Å². The molecule has 12 atom stereocenters. The summed E-state index contributed by atoms with van der Waals surface area (Å²) in [6.45, 7) is 2.52. The van der Waals surface area contributed by atoms with Crippen LogP contribution in [0.3, 0.4) is 0 Å². The van der Waals surface area contributed by atoms with E-state index >= 15 is 0 Å². The highest BCUT2D eigenvalue weighted by Crippen LogP contribution is 2.30. The summed E-state index contributed by atoms with van der Waals surface area (Å²) >= 11 is 0. The van der Waals surface area contributed by atoms with Gasteiger partial charge in [0, 0.05) is 6.42 Å². The highest BCUT2D eigenvalue weighted by molar-refractivity contribution is 5.76. The zero-order valence-corrected chi connectivity index (χ0v) is 43.4. The molecule has 2 aliphatic heterocycles. The topological polar surface area (TPSA) is 228 Å². The van der Waals surface area contributed by atoms with Crippen LogP contribution in [0.1, 0.15) is 142 Å². The molecule has 14 nitrogen and oxygen atoms in total. The Labute approximate surface area is 431 Å². The third-order valence-electron chi connectivity index (χ3n) is 12.1. The molecule has 2 fully saturated rings. The molecule has 2 saturated heterocycles. The van der Waals surface area contributed by atoms with Crippen LogP contribution < -0.4 is 5.32 Å². The normalized spacial score (nSPS) is 26.6. The molecule has 9 N–H and O–H groups in total. The third-order valence-corrected chi connectivity index (χ3v) is 12.1. The highest BCUT2D eigenvalue weighted by atomic mass is 16.7. The van der Waals surface area contributed by atoms with Crippen LogP contribution in [0.2, 0.25) is 0 Å². The number of allylic oxidation sites excluding steroid dienone is 19. The van der Waals surface area contributed by atoms with Crippen molar-refractivity contribution in [1.82, 2.24) is 5.32 Å². The molecule has 0 aromatic carbocycles. The first-order chi connectivity index (χ1) is 35.1. The van der Waals surface area contributed by atoms with Gasteiger partial charge in [-0.2, -0.15) is 0 Å². The zero-order valence-electron chi connectivity index (χ0n) is 43.4. The minimum Gasteiger partial charge on any atom is -0.394 e. The van der Waals surface area contributed by atoms with E-state index in [1.165, 1.54) is 0 Å². The second kappa shape index (κ2) is 42.7. The number of nitrogens with one attached hydrogen (secondary N) is 1. The summed E-state index contributed by atoms with van der Waals surface area (Å²) in [5, 5.41) is 86.7. The molecule has 0 aromatic rings. The van der Waals surface area contributed by atoms with E-state index in [1.54, 1.807) is 6.08 Å². The number of amides is 1. The first kappa shape index (κ1) is 64.5. The van der Waals surface area contributed by atoms with Gasteiger partial charge in [-0.15, -0.1) is 0 Å². The Kier molecular flexibility index (Phi) is 38.3.